The van der Waals surface area contributed by atoms with Gasteiger partial charge in [0.05, 0.1) is 11.5 Å². The highest BCUT2D eigenvalue weighted by Crippen LogP contribution is 2.25. The molecule has 0 saturated heterocycles. The van der Waals surface area contributed by atoms with Crippen molar-refractivity contribution in [2.24, 2.45) is 0 Å². The number of aryl methyl sites for hydroxylation is 1. The van der Waals surface area contributed by atoms with Gasteiger partial charge >= 0.3 is 5.69 Å². The molecule has 2 aromatic rings. The molecule has 0 fully saturated rings. The molecule has 0 saturated carbocycles. The summed E-state index contributed by atoms with van der Waals surface area (Å²) in [6, 6.07) is 4.55. The van der Waals surface area contributed by atoms with E-state index in [2.05, 4.69) is 0 Å². The summed E-state index contributed by atoms with van der Waals surface area (Å²) >= 11 is 5.76. The first-order chi connectivity index (χ1) is 9.52. The molecule has 0 radical (unpaired) electrons. The van der Waals surface area contributed by atoms with Gasteiger partial charge in [-0.2, -0.15) is 0 Å². The summed E-state index contributed by atoms with van der Waals surface area (Å²) in [4.78, 5) is 22.3. The molecule has 1 aromatic carbocycles. The summed E-state index contributed by atoms with van der Waals surface area (Å²) < 4.78 is 3.13. The van der Waals surface area contributed by atoms with Gasteiger partial charge in [0.25, 0.3) is 5.69 Å². The van der Waals surface area contributed by atoms with Crippen LogP contribution >= 0.6 is 11.6 Å². The predicted octanol–water partition coefficient (Wildman–Crippen LogP) is 2.67. The van der Waals surface area contributed by atoms with Crippen molar-refractivity contribution < 1.29 is 4.92 Å². The molecule has 2 rings (SSSR count). The number of benzene rings is 1. The predicted molar refractivity (Wildman–Crippen MR) is 76.2 cm³/mol. The molecule has 0 aliphatic heterocycles. The summed E-state index contributed by atoms with van der Waals surface area (Å²) in [5.41, 5.74) is 0.395. The van der Waals surface area contributed by atoms with Gasteiger partial charge in [-0.3, -0.25) is 19.2 Å². The summed E-state index contributed by atoms with van der Waals surface area (Å²) in [5.74, 6) is 0. The van der Waals surface area contributed by atoms with Crippen molar-refractivity contribution in [3.8, 4) is 0 Å². The van der Waals surface area contributed by atoms with Crippen LogP contribution in [0.5, 0.6) is 0 Å². The van der Waals surface area contributed by atoms with Gasteiger partial charge in [-0.25, -0.2) is 4.79 Å². The van der Waals surface area contributed by atoms with Crippen molar-refractivity contribution in [3.63, 3.8) is 0 Å². The molecule has 0 aliphatic rings. The fourth-order valence-electron chi connectivity index (χ4n) is 1.98. The molecule has 1 aromatic heterocycles. The highest BCUT2D eigenvalue weighted by molar-refractivity contribution is 6.32. The summed E-state index contributed by atoms with van der Waals surface area (Å²) in [6.45, 7) is 2.94. The number of hydrogen-bond acceptors (Lipinski definition) is 3. The van der Waals surface area contributed by atoms with Crippen LogP contribution in [0.4, 0.5) is 5.69 Å². The number of nitro groups is 1. The van der Waals surface area contributed by atoms with Gasteiger partial charge in [0.2, 0.25) is 0 Å². The van der Waals surface area contributed by atoms with Crippen molar-refractivity contribution in [3.05, 3.63) is 61.8 Å². The minimum absolute atomic E-state index is 0.0923. The Hall–Kier alpha value is -2.08. The van der Waals surface area contributed by atoms with Gasteiger partial charge in [-0.05, 0) is 18.1 Å². The van der Waals surface area contributed by atoms with Crippen LogP contribution in [0.2, 0.25) is 5.02 Å². The van der Waals surface area contributed by atoms with Crippen molar-refractivity contribution in [2.45, 2.75) is 26.4 Å². The van der Waals surface area contributed by atoms with Gasteiger partial charge in [0, 0.05) is 25.0 Å². The third-order valence-electron chi connectivity index (χ3n) is 2.94. The van der Waals surface area contributed by atoms with Crippen LogP contribution in [0, 0.1) is 10.1 Å². The number of aromatic nitrogens is 2. The number of nitro benzene ring substituents is 1. The number of halogens is 1. The molecule has 0 bridgehead atoms. The van der Waals surface area contributed by atoms with Gasteiger partial charge in [0.1, 0.15) is 5.02 Å². The molecule has 0 N–H and O–H groups in total. The highest BCUT2D eigenvalue weighted by atomic mass is 35.5. The molecule has 7 heteroatoms. The van der Waals surface area contributed by atoms with Crippen LogP contribution in [0.1, 0.15) is 18.9 Å². The van der Waals surface area contributed by atoms with E-state index >= 15 is 0 Å². The van der Waals surface area contributed by atoms with E-state index < -0.39 is 4.92 Å². The van der Waals surface area contributed by atoms with Crippen molar-refractivity contribution in [2.75, 3.05) is 0 Å². The van der Waals surface area contributed by atoms with Crippen LogP contribution in [0.15, 0.2) is 35.4 Å². The Balaban J connectivity index is 2.29. The molecule has 0 spiro atoms. The van der Waals surface area contributed by atoms with Crippen LogP contribution in [0.3, 0.4) is 0 Å². The third-order valence-corrected chi connectivity index (χ3v) is 3.26. The number of rotatable bonds is 5. The van der Waals surface area contributed by atoms with E-state index in [1.54, 1.807) is 23.0 Å². The van der Waals surface area contributed by atoms with Crippen molar-refractivity contribution >= 4 is 17.3 Å². The molecular formula is C13H14ClN3O3. The molecule has 0 atom stereocenters. The van der Waals surface area contributed by atoms with Crippen LogP contribution in [-0.4, -0.2) is 14.1 Å². The van der Waals surface area contributed by atoms with E-state index in [-0.39, 0.29) is 22.9 Å². The summed E-state index contributed by atoms with van der Waals surface area (Å²) in [6.07, 6.45) is 4.27. The van der Waals surface area contributed by atoms with Crippen LogP contribution in [0.25, 0.3) is 0 Å². The molecular weight excluding hydrogens is 282 g/mol. The van der Waals surface area contributed by atoms with Gasteiger partial charge in [-0.1, -0.05) is 24.6 Å². The quantitative estimate of drug-likeness (QED) is 0.629. The first-order valence-electron chi connectivity index (χ1n) is 6.21. The highest BCUT2D eigenvalue weighted by Gasteiger charge is 2.13. The SMILES string of the molecule is CCCn1ccn(Cc2ccc(Cl)c([N+](=O)[O-])c2)c1=O. The molecule has 106 valence electrons. The average molecular weight is 296 g/mol. The molecule has 0 amide bonds. The molecule has 0 unspecified atom stereocenters. The van der Waals surface area contributed by atoms with E-state index in [1.165, 1.54) is 16.7 Å². The van der Waals surface area contributed by atoms with Gasteiger partial charge in [-0.15, -0.1) is 0 Å². The van der Waals surface area contributed by atoms with Crippen LogP contribution < -0.4 is 5.69 Å². The summed E-state index contributed by atoms with van der Waals surface area (Å²) in [7, 11) is 0. The van der Waals surface area contributed by atoms with Crippen molar-refractivity contribution in [1.29, 1.82) is 0 Å². The maximum Gasteiger partial charge on any atom is 0.328 e. The fourth-order valence-corrected chi connectivity index (χ4v) is 2.16. The van der Waals surface area contributed by atoms with Crippen LogP contribution in [-0.2, 0) is 13.1 Å². The van der Waals surface area contributed by atoms with E-state index in [1.807, 2.05) is 6.92 Å². The normalized spacial score (nSPS) is 10.7. The van der Waals surface area contributed by atoms with E-state index in [9.17, 15) is 14.9 Å². The minimum atomic E-state index is -0.531. The second-order valence-corrected chi connectivity index (χ2v) is 4.85. The maximum atomic E-state index is 12.0. The number of imidazole rings is 1. The number of nitrogens with zero attached hydrogens (tertiary/aromatic N) is 3. The monoisotopic (exact) mass is 295 g/mol. The zero-order valence-corrected chi connectivity index (χ0v) is 11.7. The minimum Gasteiger partial charge on any atom is -0.299 e. The lowest BCUT2D eigenvalue weighted by atomic mass is 10.2. The van der Waals surface area contributed by atoms with E-state index in [0.717, 1.165) is 6.42 Å². The Labute approximate surface area is 120 Å². The Morgan fingerprint density at radius 3 is 2.65 bits per heavy atom. The zero-order valence-electron chi connectivity index (χ0n) is 11.0. The molecule has 20 heavy (non-hydrogen) atoms. The maximum absolute atomic E-state index is 12.0. The largest absolute Gasteiger partial charge is 0.328 e. The first kappa shape index (κ1) is 14.3. The molecule has 6 nitrogen and oxygen atoms in total. The van der Waals surface area contributed by atoms with Crippen molar-refractivity contribution in [1.82, 2.24) is 9.13 Å². The fraction of sp³-hybridized carbons (Fsp3) is 0.308. The second-order valence-electron chi connectivity index (χ2n) is 4.44. The first-order valence-corrected chi connectivity index (χ1v) is 6.59. The zero-order chi connectivity index (χ0) is 14.7. The standard InChI is InChI=1S/C13H14ClN3O3/c1-2-5-15-6-7-16(13(15)18)9-10-3-4-11(14)12(8-10)17(19)20/h3-4,6-8H,2,5,9H2,1H3. The van der Waals surface area contributed by atoms with Gasteiger partial charge < -0.3 is 0 Å². The topological polar surface area (TPSA) is 70.1 Å². The average Bonchev–Trinajstić information content (AvgIpc) is 2.74. The smallest absolute Gasteiger partial charge is 0.299 e. The Kier molecular flexibility index (Phi) is 4.24. The van der Waals surface area contributed by atoms with E-state index in [4.69, 9.17) is 11.6 Å². The third kappa shape index (κ3) is 2.91. The second kappa shape index (κ2) is 5.92. The lowest BCUT2D eigenvalue weighted by Crippen LogP contribution is -2.24. The Bertz CT molecular complexity index is 690. The Morgan fingerprint density at radius 2 is 2.00 bits per heavy atom. The lowest BCUT2D eigenvalue weighted by Gasteiger charge is -2.03. The molecule has 1 heterocycles. The summed E-state index contributed by atoms with van der Waals surface area (Å²) in [5, 5.41) is 10.9. The lowest BCUT2D eigenvalue weighted by molar-refractivity contribution is -0.384. The van der Waals surface area contributed by atoms with E-state index in [0.29, 0.717) is 12.1 Å². The number of hydrogen-bond donors (Lipinski definition) is 0. The Morgan fingerprint density at radius 1 is 1.30 bits per heavy atom. The molecule has 0 aliphatic carbocycles. The van der Waals surface area contributed by atoms with Gasteiger partial charge in [0.15, 0.2) is 0 Å².